The Morgan fingerprint density at radius 2 is 1.62 bits per heavy atom. The van der Waals surface area contributed by atoms with Crippen LogP contribution in [-0.2, 0) is 9.39 Å². The van der Waals surface area contributed by atoms with Crippen molar-refractivity contribution in [2.75, 3.05) is 13.1 Å². The van der Waals surface area contributed by atoms with Gasteiger partial charge in [-0.1, -0.05) is 0 Å². The first-order valence-electron chi connectivity index (χ1n) is 9.13. The standard InChI is InChI=1S/C18H31BF2NO4/c1-14(2,3)25-13(23)22-10-8-17(9-11-22)12(18(17,20)21)19-26-16(6,7)15(4,5)24/h12,24H,8-11H2,1-7H3. The maximum Gasteiger partial charge on any atom is 0.410 e. The molecule has 0 aromatic carbocycles. The monoisotopic (exact) mass is 374 g/mol. The van der Waals surface area contributed by atoms with Gasteiger partial charge in [0.05, 0.1) is 11.2 Å². The fourth-order valence-corrected chi connectivity index (χ4v) is 3.20. The van der Waals surface area contributed by atoms with E-state index in [4.69, 9.17) is 9.39 Å². The SMILES string of the molecule is CC(C)(C)OC(=O)N1CCC2(CC1)C([B]OC(C)(C)C(C)(C)O)C2(F)F. The van der Waals surface area contributed by atoms with Crippen LogP contribution in [-0.4, -0.2) is 59.4 Å². The van der Waals surface area contributed by atoms with E-state index in [9.17, 15) is 18.7 Å². The van der Waals surface area contributed by atoms with E-state index in [0.717, 1.165) is 0 Å². The van der Waals surface area contributed by atoms with Gasteiger partial charge in [0, 0.05) is 24.3 Å². The summed E-state index contributed by atoms with van der Waals surface area (Å²) in [6, 6.07) is 0. The molecule has 1 saturated carbocycles. The van der Waals surface area contributed by atoms with Gasteiger partial charge < -0.3 is 19.4 Å². The van der Waals surface area contributed by atoms with E-state index >= 15 is 0 Å². The molecular weight excluding hydrogens is 343 g/mol. The summed E-state index contributed by atoms with van der Waals surface area (Å²) >= 11 is 0. The largest absolute Gasteiger partial charge is 0.444 e. The van der Waals surface area contributed by atoms with E-state index in [1.807, 2.05) is 0 Å². The predicted octanol–water partition coefficient (Wildman–Crippen LogP) is 3.63. The number of hydrogen-bond acceptors (Lipinski definition) is 4. The molecule has 1 amide bonds. The third kappa shape index (κ3) is 3.86. The minimum atomic E-state index is -2.86. The molecule has 1 aliphatic carbocycles. The smallest absolute Gasteiger partial charge is 0.410 e. The summed E-state index contributed by atoms with van der Waals surface area (Å²) in [4.78, 5) is 13.6. The fourth-order valence-electron chi connectivity index (χ4n) is 3.20. The average Bonchev–Trinajstić information content (AvgIpc) is 2.88. The molecule has 1 atom stereocenters. The van der Waals surface area contributed by atoms with Crippen LogP contribution in [0, 0.1) is 5.41 Å². The number of ether oxygens (including phenoxy) is 1. The number of amides is 1. The summed E-state index contributed by atoms with van der Waals surface area (Å²) in [5, 5.41) is 10.1. The molecule has 0 aromatic rings. The summed E-state index contributed by atoms with van der Waals surface area (Å²) < 4.78 is 39.9. The maximum atomic E-state index is 14.5. The summed E-state index contributed by atoms with van der Waals surface area (Å²) in [7, 11) is 1.20. The van der Waals surface area contributed by atoms with Crippen molar-refractivity contribution >= 4 is 13.6 Å². The molecule has 1 spiro atoms. The molecule has 1 aliphatic heterocycles. The predicted molar refractivity (Wildman–Crippen MR) is 95.4 cm³/mol. The lowest BCUT2D eigenvalue weighted by molar-refractivity contribution is -0.0910. The molecule has 1 heterocycles. The van der Waals surface area contributed by atoms with Crippen molar-refractivity contribution in [3.05, 3.63) is 0 Å². The van der Waals surface area contributed by atoms with Gasteiger partial charge in [0.1, 0.15) is 5.60 Å². The second-order valence-electron chi connectivity index (χ2n) is 9.55. The van der Waals surface area contributed by atoms with Crippen LogP contribution >= 0.6 is 0 Å². The Kier molecular flexibility index (Phi) is 5.21. The Hall–Kier alpha value is -0.885. The van der Waals surface area contributed by atoms with Crippen LogP contribution in [0.5, 0.6) is 0 Å². The van der Waals surface area contributed by atoms with Crippen LogP contribution in [0.2, 0.25) is 5.82 Å². The Bertz CT molecular complexity index is 546. The third-order valence-corrected chi connectivity index (χ3v) is 5.85. The van der Waals surface area contributed by atoms with Crippen molar-refractivity contribution in [3.63, 3.8) is 0 Å². The lowest BCUT2D eigenvalue weighted by Gasteiger charge is -2.38. The molecule has 2 rings (SSSR count). The zero-order valence-electron chi connectivity index (χ0n) is 16.9. The van der Waals surface area contributed by atoms with Gasteiger partial charge in [0.25, 0.3) is 5.92 Å². The first-order chi connectivity index (χ1) is 11.5. The van der Waals surface area contributed by atoms with Gasteiger partial charge in [-0.3, -0.25) is 0 Å². The van der Waals surface area contributed by atoms with Crippen LogP contribution in [0.1, 0.15) is 61.3 Å². The molecule has 2 aliphatic rings. The Labute approximate surface area is 155 Å². The highest BCUT2D eigenvalue weighted by Crippen LogP contribution is 2.74. The quantitative estimate of drug-likeness (QED) is 0.764. The molecule has 26 heavy (non-hydrogen) atoms. The van der Waals surface area contributed by atoms with E-state index in [0.29, 0.717) is 0 Å². The lowest BCUT2D eigenvalue weighted by atomic mass is 9.78. The number of alkyl halides is 2. The van der Waals surface area contributed by atoms with E-state index < -0.39 is 40.1 Å². The number of hydrogen-bond donors (Lipinski definition) is 1. The number of aliphatic hydroxyl groups is 1. The molecule has 8 heteroatoms. The van der Waals surface area contributed by atoms with Crippen LogP contribution in [0.15, 0.2) is 0 Å². The van der Waals surface area contributed by atoms with Crippen LogP contribution in [0.3, 0.4) is 0 Å². The number of rotatable bonds is 4. The molecule has 5 nitrogen and oxygen atoms in total. The highest BCUT2D eigenvalue weighted by Gasteiger charge is 2.80. The van der Waals surface area contributed by atoms with Crippen molar-refractivity contribution in [2.45, 2.75) is 89.9 Å². The summed E-state index contributed by atoms with van der Waals surface area (Å²) in [6.07, 6.45) is -0.0596. The van der Waals surface area contributed by atoms with E-state index in [2.05, 4.69) is 0 Å². The van der Waals surface area contributed by atoms with Gasteiger partial charge in [-0.05, 0) is 61.3 Å². The normalized spacial score (nSPS) is 25.2. The zero-order chi connectivity index (χ0) is 20.2. The number of halogens is 2. The van der Waals surface area contributed by atoms with Crippen LogP contribution in [0.4, 0.5) is 13.6 Å². The van der Waals surface area contributed by atoms with Gasteiger partial charge in [-0.15, -0.1) is 0 Å². The molecule has 1 radical (unpaired) electrons. The summed E-state index contributed by atoms with van der Waals surface area (Å²) in [5.74, 6) is -3.86. The van der Waals surface area contributed by atoms with Crippen molar-refractivity contribution < 1.29 is 28.1 Å². The molecule has 0 bridgehead atoms. The molecule has 0 aromatic heterocycles. The van der Waals surface area contributed by atoms with Crippen molar-refractivity contribution in [2.24, 2.45) is 5.41 Å². The third-order valence-electron chi connectivity index (χ3n) is 5.85. The number of carbonyl (C=O) groups is 1. The number of nitrogens with zero attached hydrogens (tertiary/aromatic N) is 1. The second-order valence-corrected chi connectivity index (χ2v) is 9.55. The molecule has 1 unspecified atom stereocenters. The number of carbonyl (C=O) groups excluding carboxylic acids is 1. The van der Waals surface area contributed by atoms with Crippen molar-refractivity contribution in [3.8, 4) is 0 Å². The zero-order valence-corrected chi connectivity index (χ0v) is 16.9. The summed E-state index contributed by atoms with van der Waals surface area (Å²) in [6.45, 7) is 12.3. The Balaban J connectivity index is 1.95. The first-order valence-corrected chi connectivity index (χ1v) is 9.13. The van der Waals surface area contributed by atoms with Gasteiger partial charge in [0.2, 0.25) is 0 Å². The lowest BCUT2D eigenvalue weighted by Crippen LogP contribution is -2.48. The van der Waals surface area contributed by atoms with Gasteiger partial charge in [-0.25, -0.2) is 13.6 Å². The topological polar surface area (TPSA) is 59.0 Å². The minimum absolute atomic E-state index is 0.201. The Morgan fingerprint density at radius 1 is 1.12 bits per heavy atom. The molecular formula is C18H31BF2NO4. The van der Waals surface area contributed by atoms with Crippen LogP contribution in [0.25, 0.3) is 0 Å². The van der Waals surface area contributed by atoms with Gasteiger partial charge >= 0.3 is 13.6 Å². The second kappa shape index (κ2) is 6.33. The maximum absolute atomic E-state index is 14.5. The first kappa shape index (κ1) is 21.4. The number of likely N-dealkylation sites (tertiary alicyclic amines) is 1. The van der Waals surface area contributed by atoms with Gasteiger partial charge in [0.15, 0.2) is 0 Å². The number of piperidine rings is 1. The van der Waals surface area contributed by atoms with E-state index in [-0.39, 0.29) is 25.9 Å². The highest BCUT2D eigenvalue weighted by molar-refractivity contribution is 6.33. The van der Waals surface area contributed by atoms with Crippen LogP contribution < -0.4 is 0 Å². The highest BCUT2D eigenvalue weighted by atomic mass is 19.3. The van der Waals surface area contributed by atoms with E-state index in [1.165, 1.54) is 12.4 Å². The average molecular weight is 374 g/mol. The minimum Gasteiger partial charge on any atom is -0.444 e. The van der Waals surface area contributed by atoms with E-state index in [1.54, 1.807) is 48.5 Å². The molecule has 149 valence electrons. The summed E-state index contributed by atoms with van der Waals surface area (Å²) in [5.41, 5.74) is -3.92. The molecule has 1 saturated heterocycles. The van der Waals surface area contributed by atoms with Crippen molar-refractivity contribution in [1.82, 2.24) is 4.90 Å². The fraction of sp³-hybridized carbons (Fsp3) is 0.944. The van der Waals surface area contributed by atoms with Crippen molar-refractivity contribution in [1.29, 1.82) is 0 Å². The van der Waals surface area contributed by atoms with Gasteiger partial charge in [-0.2, -0.15) is 0 Å². The molecule has 1 N–H and O–H groups in total. The Morgan fingerprint density at radius 3 is 2.04 bits per heavy atom. The molecule has 2 fully saturated rings.